The SMILES string of the molecule is C=C(C1=C(N(C)CC)NC(CCCC)N1Cc1ccc(Cl)cc1)N(C)CCCC. The molecule has 162 valence electrons. The Kier molecular flexibility index (Phi) is 9.22. The predicted octanol–water partition coefficient (Wildman–Crippen LogP) is 5.63. The molecule has 1 aromatic carbocycles. The quantitative estimate of drug-likeness (QED) is 0.474. The van der Waals surface area contributed by atoms with Crippen LogP contribution in [0, 0.1) is 0 Å². The fraction of sp³-hybridized carbons (Fsp3) is 0.583. The van der Waals surface area contributed by atoms with Crippen LogP contribution in [0.4, 0.5) is 0 Å². The van der Waals surface area contributed by atoms with Crippen molar-refractivity contribution < 1.29 is 0 Å². The maximum atomic E-state index is 6.12. The van der Waals surface area contributed by atoms with E-state index in [4.69, 9.17) is 11.6 Å². The standard InChI is InChI=1S/C24H39ClN4/c1-7-10-12-22-26-24(27(5)9-3)23(19(4)28(6)17-11-8-2)29(22)18-20-13-15-21(25)16-14-20/h13-16,22,26H,4,7-12,17-18H2,1-3,5-6H3. The van der Waals surface area contributed by atoms with Crippen LogP contribution in [0.25, 0.3) is 0 Å². The van der Waals surface area contributed by atoms with Crippen molar-refractivity contribution >= 4 is 11.6 Å². The van der Waals surface area contributed by atoms with Gasteiger partial charge < -0.3 is 20.0 Å². The first-order valence-corrected chi connectivity index (χ1v) is 11.4. The van der Waals surface area contributed by atoms with Crippen LogP contribution >= 0.6 is 11.6 Å². The molecule has 1 N–H and O–H groups in total. The summed E-state index contributed by atoms with van der Waals surface area (Å²) in [6, 6.07) is 8.21. The van der Waals surface area contributed by atoms with Gasteiger partial charge in [-0.1, -0.05) is 57.0 Å². The summed E-state index contributed by atoms with van der Waals surface area (Å²) in [5.41, 5.74) is 3.58. The van der Waals surface area contributed by atoms with Gasteiger partial charge in [0.2, 0.25) is 0 Å². The zero-order valence-electron chi connectivity index (χ0n) is 19.0. The highest BCUT2D eigenvalue weighted by Gasteiger charge is 2.34. The van der Waals surface area contributed by atoms with Gasteiger partial charge in [0.25, 0.3) is 0 Å². The topological polar surface area (TPSA) is 21.8 Å². The van der Waals surface area contributed by atoms with Crippen LogP contribution in [0.1, 0.15) is 58.4 Å². The highest BCUT2D eigenvalue weighted by molar-refractivity contribution is 6.30. The Balaban J connectivity index is 2.39. The lowest BCUT2D eigenvalue weighted by molar-refractivity contribution is 0.226. The van der Waals surface area contributed by atoms with Gasteiger partial charge >= 0.3 is 0 Å². The van der Waals surface area contributed by atoms with E-state index in [0.717, 1.165) is 36.8 Å². The molecule has 2 rings (SSSR count). The number of nitrogens with zero attached hydrogens (tertiary/aromatic N) is 3. The molecule has 0 bridgehead atoms. The van der Waals surface area contributed by atoms with Gasteiger partial charge in [-0.25, -0.2) is 0 Å². The van der Waals surface area contributed by atoms with Crippen LogP contribution in [0.3, 0.4) is 0 Å². The number of halogens is 1. The number of nitrogens with one attached hydrogen (secondary N) is 1. The summed E-state index contributed by atoms with van der Waals surface area (Å²) in [4.78, 5) is 7.11. The number of rotatable bonds is 12. The molecule has 0 aliphatic carbocycles. The number of hydrogen-bond acceptors (Lipinski definition) is 4. The molecule has 29 heavy (non-hydrogen) atoms. The van der Waals surface area contributed by atoms with Gasteiger partial charge in [0.15, 0.2) is 0 Å². The zero-order valence-corrected chi connectivity index (χ0v) is 19.7. The molecule has 0 saturated heterocycles. The third-order valence-corrected chi connectivity index (χ3v) is 5.98. The Hall–Kier alpha value is -1.81. The van der Waals surface area contributed by atoms with Crippen LogP contribution in [-0.2, 0) is 6.54 Å². The fourth-order valence-corrected chi connectivity index (χ4v) is 3.79. The molecule has 1 heterocycles. The number of unbranched alkanes of at least 4 members (excludes halogenated alkanes) is 2. The molecule has 0 fully saturated rings. The molecule has 1 unspecified atom stereocenters. The van der Waals surface area contributed by atoms with E-state index in [1.165, 1.54) is 42.8 Å². The van der Waals surface area contributed by atoms with E-state index in [9.17, 15) is 0 Å². The van der Waals surface area contributed by atoms with E-state index >= 15 is 0 Å². The van der Waals surface area contributed by atoms with Crippen LogP contribution in [0.2, 0.25) is 5.02 Å². The van der Waals surface area contributed by atoms with Crippen molar-refractivity contribution in [1.29, 1.82) is 0 Å². The zero-order chi connectivity index (χ0) is 21.4. The van der Waals surface area contributed by atoms with Crippen LogP contribution in [0.15, 0.2) is 48.1 Å². The second kappa shape index (κ2) is 11.4. The molecule has 1 aliphatic heterocycles. The third-order valence-electron chi connectivity index (χ3n) is 5.73. The largest absolute Gasteiger partial charge is 0.373 e. The lowest BCUT2D eigenvalue weighted by Gasteiger charge is -2.33. The van der Waals surface area contributed by atoms with Gasteiger partial charge in [0, 0.05) is 38.8 Å². The van der Waals surface area contributed by atoms with Crippen LogP contribution in [0.5, 0.6) is 0 Å². The maximum Gasteiger partial charge on any atom is 0.129 e. The highest BCUT2D eigenvalue weighted by atomic mass is 35.5. The molecule has 0 radical (unpaired) electrons. The summed E-state index contributed by atoms with van der Waals surface area (Å²) >= 11 is 6.12. The van der Waals surface area contributed by atoms with Crippen molar-refractivity contribution in [2.75, 3.05) is 27.2 Å². The normalized spacial score (nSPS) is 16.2. The van der Waals surface area contributed by atoms with Gasteiger partial charge in [0.1, 0.15) is 17.7 Å². The molecule has 0 saturated carbocycles. The van der Waals surface area contributed by atoms with Crippen LogP contribution < -0.4 is 5.32 Å². The van der Waals surface area contributed by atoms with Crippen LogP contribution in [-0.4, -0.2) is 48.1 Å². The van der Waals surface area contributed by atoms with Crippen molar-refractivity contribution in [3.63, 3.8) is 0 Å². The van der Waals surface area contributed by atoms with Crippen molar-refractivity contribution in [2.45, 2.75) is 65.6 Å². The molecule has 0 spiro atoms. The average Bonchev–Trinajstić information content (AvgIpc) is 3.08. The molecule has 1 aromatic rings. The second-order valence-electron chi connectivity index (χ2n) is 7.99. The third kappa shape index (κ3) is 6.08. The highest BCUT2D eigenvalue weighted by Crippen LogP contribution is 2.32. The Morgan fingerprint density at radius 2 is 1.76 bits per heavy atom. The maximum absolute atomic E-state index is 6.12. The first kappa shape index (κ1) is 23.5. The van der Waals surface area contributed by atoms with E-state index in [0.29, 0.717) is 0 Å². The summed E-state index contributed by atoms with van der Waals surface area (Å²) in [6.07, 6.45) is 6.14. The fourth-order valence-electron chi connectivity index (χ4n) is 3.66. The van der Waals surface area contributed by atoms with Crippen molar-refractivity contribution in [3.8, 4) is 0 Å². The van der Waals surface area contributed by atoms with E-state index < -0.39 is 0 Å². The minimum Gasteiger partial charge on any atom is -0.373 e. The van der Waals surface area contributed by atoms with Gasteiger partial charge in [0.05, 0.1) is 5.70 Å². The predicted molar refractivity (Wildman–Crippen MR) is 125 cm³/mol. The van der Waals surface area contributed by atoms with E-state index in [2.05, 4.69) is 73.6 Å². The van der Waals surface area contributed by atoms with Crippen molar-refractivity contribution in [1.82, 2.24) is 20.0 Å². The Morgan fingerprint density at radius 3 is 2.34 bits per heavy atom. The lowest BCUT2D eigenvalue weighted by Crippen LogP contribution is -2.39. The van der Waals surface area contributed by atoms with Gasteiger partial charge in [-0.3, -0.25) is 0 Å². The van der Waals surface area contributed by atoms with Gasteiger partial charge in [-0.15, -0.1) is 0 Å². The monoisotopic (exact) mass is 418 g/mol. The van der Waals surface area contributed by atoms with E-state index in [1.54, 1.807) is 0 Å². The number of hydrogen-bond donors (Lipinski definition) is 1. The average molecular weight is 419 g/mol. The molecule has 5 heteroatoms. The van der Waals surface area contributed by atoms with Crippen molar-refractivity contribution in [2.24, 2.45) is 0 Å². The molecule has 1 aliphatic rings. The molecular weight excluding hydrogens is 380 g/mol. The minimum atomic E-state index is 0.279. The van der Waals surface area contributed by atoms with Gasteiger partial charge in [-0.05, 0) is 43.9 Å². The molecule has 0 amide bonds. The van der Waals surface area contributed by atoms with E-state index in [-0.39, 0.29) is 6.17 Å². The van der Waals surface area contributed by atoms with Crippen molar-refractivity contribution in [3.05, 3.63) is 58.6 Å². The lowest BCUT2D eigenvalue weighted by atomic mass is 10.1. The summed E-state index contributed by atoms with van der Waals surface area (Å²) in [7, 11) is 4.32. The van der Waals surface area contributed by atoms with E-state index in [1.807, 2.05) is 12.1 Å². The number of likely N-dealkylation sites (N-methyl/N-ethyl adjacent to an activating group) is 1. The molecule has 0 aromatic heterocycles. The first-order chi connectivity index (χ1) is 13.9. The second-order valence-corrected chi connectivity index (χ2v) is 8.43. The first-order valence-electron chi connectivity index (χ1n) is 11.1. The smallest absolute Gasteiger partial charge is 0.129 e. The minimum absolute atomic E-state index is 0.279. The summed E-state index contributed by atoms with van der Waals surface area (Å²) in [6.45, 7) is 14.0. The number of benzene rings is 1. The van der Waals surface area contributed by atoms with Gasteiger partial charge in [-0.2, -0.15) is 0 Å². The molecular formula is C24H39ClN4. The summed E-state index contributed by atoms with van der Waals surface area (Å²) < 4.78 is 0. The Labute approximate surface area is 183 Å². The summed E-state index contributed by atoms with van der Waals surface area (Å²) in [5, 5.41) is 4.60. The summed E-state index contributed by atoms with van der Waals surface area (Å²) in [5.74, 6) is 1.19. The molecule has 1 atom stereocenters. The Morgan fingerprint density at radius 1 is 1.10 bits per heavy atom. The molecule has 4 nitrogen and oxygen atoms in total. The Bertz CT molecular complexity index is 683.